The van der Waals surface area contributed by atoms with Gasteiger partial charge in [0.1, 0.15) is 0 Å². The lowest BCUT2D eigenvalue weighted by Crippen LogP contribution is -2.22. The van der Waals surface area contributed by atoms with Crippen LogP contribution in [0.4, 0.5) is 0 Å². The highest BCUT2D eigenvalue weighted by molar-refractivity contribution is 4.71. The second-order valence-corrected chi connectivity index (χ2v) is 4.61. The molecule has 2 heteroatoms. The zero-order chi connectivity index (χ0) is 9.68. The molecule has 0 saturated heterocycles. The van der Waals surface area contributed by atoms with Gasteiger partial charge in [0, 0.05) is 13.2 Å². The molecule has 13 heavy (non-hydrogen) atoms. The fourth-order valence-corrected chi connectivity index (χ4v) is 1.78. The molecule has 0 bridgehead atoms. The number of hydrogen-bond donors (Lipinski definition) is 1. The molecule has 1 N–H and O–H groups in total. The van der Waals surface area contributed by atoms with Crippen LogP contribution in [0.3, 0.4) is 0 Å². The smallest absolute Gasteiger partial charge is 0.0540 e. The predicted molar refractivity (Wildman–Crippen MR) is 53.6 cm³/mol. The maximum absolute atomic E-state index is 9.30. The molecule has 0 aliphatic heterocycles. The van der Waals surface area contributed by atoms with Crippen LogP contribution < -0.4 is 0 Å². The van der Waals surface area contributed by atoms with Gasteiger partial charge in [0.05, 0.1) is 6.10 Å². The van der Waals surface area contributed by atoms with Gasteiger partial charge in [0.25, 0.3) is 0 Å². The number of rotatable bonds is 4. The number of aliphatic hydroxyl groups excluding tert-OH is 1. The Labute approximate surface area is 81.3 Å². The van der Waals surface area contributed by atoms with Crippen LogP contribution in [0.25, 0.3) is 0 Å². The molecule has 1 aliphatic rings. The Balaban J connectivity index is 2.02. The molecule has 1 saturated carbocycles. The number of ether oxygens (including phenoxy) is 1. The van der Waals surface area contributed by atoms with E-state index in [1.807, 2.05) is 0 Å². The summed E-state index contributed by atoms with van der Waals surface area (Å²) in [6, 6.07) is 0. The molecule has 0 aromatic rings. The number of hydrogen-bond acceptors (Lipinski definition) is 2. The van der Waals surface area contributed by atoms with Gasteiger partial charge in [0.15, 0.2) is 0 Å². The standard InChI is InChI=1S/C11H22O2/c1-9(2)7-13-8-10-3-5-11(12)6-4-10/h9-12H,3-8H2,1-2H3. The van der Waals surface area contributed by atoms with Crippen molar-refractivity contribution in [3.05, 3.63) is 0 Å². The first kappa shape index (κ1) is 11.0. The first-order valence-corrected chi connectivity index (χ1v) is 5.44. The highest BCUT2D eigenvalue weighted by Gasteiger charge is 2.19. The van der Waals surface area contributed by atoms with Crippen LogP contribution in [0, 0.1) is 11.8 Å². The van der Waals surface area contributed by atoms with Crippen molar-refractivity contribution < 1.29 is 9.84 Å². The van der Waals surface area contributed by atoms with E-state index in [0.717, 1.165) is 38.9 Å². The van der Waals surface area contributed by atoms with Crippen molar-refractivity contribution in [1.29, 1.82) is 0 Å². The van der Waals surface area contributed by atoms with Crippen molar-refractivity contribution in [2.24, 2.45) is 11.8 Å². The molecule has 0 amide bonds. The van der Waals surface area contributed by atoms with E-state index in [-0.39, 0.29) is 6.10 Å². The van der Waals surface area contributed by atoms with Gasteiger partial charge in [-0.1, -0.05) is 13.8 Å². The predicted octanol–water partition coefficient (Wildman–Crippen LogP) is 2.21. The van der Waals surface area contributed by atoms with E-state index in [1.54, 1.807) is 0 Å². The van der Waals surface area contributed by atoms with Gasteiger partial charge in [-0.2, -0.15) is 0 Å². The zero-order valence-corrected chi connectivity index (χ0v) is 8.83. The van der Waals surface area contributed by atoms with Gasteiger partial charge >= 0.3 is 0 Å². The molecule has 0 spiro atoms. The lowest BCUT2D eigenvalue weighted by Gasteiger charge is -2.25. The fraction of sp³-hybridized carbons (Fsp3) is 1.00. The van der Waals surface area contributed by atoms with Crippen LogP contribution in [0.2, 0.25) is 0 Å². The van der Waals surface area contributed by atoms with E-state index in [0.29, 0.717) is 11.8 Å². The molecule has 0 aromatic carbocycles. The highest BCUT2D eigenvalue weighted by atomic mass is 16.5. The summed E-state index contributed by atoms with van der Waals surface area (Å²) in [5.41, 5.74) is 0. The molecule has 0 atom stereocenters. The Bertz CT molecular complexity index is 126. The minimum absolute atomic E-state index is 0.0404. The SMILES string of the molecule is CC(C)COCC1CCC(O)CC1. The van der Waals surface area contributed by atoms with Gasteiger partial charge < -0.3 is 9.84 Å². The van der Waals surface area contributed by atoms with Crippen LogP contribution >= 0.6 is 0 Å². The van der Waals surface area contributed by atoms with Crippen LogP contribution in [0.5, 0.6) is 0 Å². The molecule has 0 radical (unpaired) electrons. The lowest BCUT2D eigenvalue weighted by molar-refractivity contribution is 0.0416. The van der Waals surface area contributed by atoms with Crippen molar-refractivity contribution >= 4 is 0 Å². The van der Waals surface area contributed by atoms with Crippen LogP contribution in [0.1, 0.15) is 39.5 Å². The summed E-state index contributed by atoms with van der Waals surface area (Å²) in [7, 11) is 0. The molecule has 78 valence electrons. The van der Waals surface area contributed by atoms with Gasteiger partial charge in [-0.3, -0.25) is 0 Å². The van der Waals surface area contributed by atoms with Crippen molar-refractivity contribution in [2.75, 3.05) is 13.2 Å². The number of aliphatic hydroxyl groups is 1. The van der Waals surface area contributed by atoms with E-state index in [2.05, 4.69) is 13.8 Å². The molecular weight excluding hydrogens is 164 g/mol. The van der Waals surface area contributed by atoms with Gasteiger partial charge in [-0.25, -0.2) is 0 Å². The fourth-order valence-electron chi connectivity index (χ4n) is 1.78. The average molecular weight is 186 g/mol. The molecule has 1 aliphatic carbocycles. The summed E-state index contributed by atoms with van der Waals surface area (Å²) in [6.45, 7) is 6.11. The summed E-state index contributed by atoms with van der Waals surface area (Å²) in [4.78, 5) is 0. The molecule has 0 heterocycles. The van der Waals surface area contributed by atoms with E-state index in [1.165, 1.54) is 0 Å². The Morgan fingerprint density at radius 2 is 1.85 bits per heavy atom. The molecule has 1 rings (SSSR count). The molecular formula is C11H22O2. The maximum Gasteiger partial charge on any atom is 0.0540 e. The van der Waals surface area contributed by atoms with E-state index < -0.39 is 0 Å². The second kappa shape index (κ2) is 5.61. The second-order valence-electron chi connectivity index (χ2n) is 4.61. The summed E-state index contributed by atoms with van der Waals surface area (Å²) in [5.74, 6) is 1.33. The summed E-state index contributed by atoms with van der Waals surface area (Å²) >= 11 is 0. The maximum atomic E-state index is 9.30. The van der Waals surface area contributed by atoms with Gasteiger partial charge in [-0.15, -0.1) is 0 Å². The van der Waals surface area contributed by atoms with Gasteiger partial charge in [-0.05, 0) is 37.5 Å². The van der Waals surface area contributed by atoms with Crippen molar-refractivity contribution in [1.82, 2.24) is 0 Å². The van der Waals surface area contributed by atoms with Crippen molar-refractivity contribution in [2.45, 2.75) is 45.6 Å². The first-order valence-electron chi connectivity index (χ1n) is 5.44. The van der Waals surface area contributed by atoms with Crippen LogP contribution in [0.15, 0.2) is 0 Å². The summed E-state index contributed by atoms with van der Waals surface area (Å²) in [6.07, 6.45) is 4.17. The minimum Gasteiger partial charge on any atom is -0.393 e. The average Bonchev–Trinajstić information content (AvgIpc) is 2.08. The van der Waals surface area contributed by atoms with Crippen molar-refractivity contribution in [3.8, 4) is 0 Å². The third-order valence-corrected chi connectivity index (χ3v) is 2.62. The minimum atomic E-state index is -0.0404. The highest BCUT2D eigenvalue weighted by Crippen LogP contribution is 2.24. The Hall–Kier alpha value is -0.0800. The van der Waals surface area contributed by atoms with Crippen LogP contribution in [-0.4, -0.2) is 24.4 Å². The third-order valence-electron chi connectivity index (χ3n) is 2.62. The largest absolute Gasteiger partial charge is 0.393 e. The topological polar surface area (TPSA) is 29.5 Å². The Kier molecular flexibility index (Phi) is 4.74. The zero-order valence-electron chi connectivity index (χ0n) is 8.83. The molecule has 2 nitrogen and oxygen atoms in total. The quantitative estimate of drug-likeness (QED) is 0.729. The van der Waals surface area contributed by atoms with E-state index in [9.17, 15) is 5.11 Å². The summed E-state index contributed by atoms with van der Waals surface area (Å²) in [5, 5.41) is 9.30. The monoisotopic (exact) mass is 186 g/mol. The molecule has 0 aromatic heterocycles. The third kappa shape index (κ3) is 4.63. The Morgan fingerprint density at radius 1 is 1.23 bits per heavy atom. The first-order chi connectivity index (χ1) is 6.18. The normalized spacial score (nSPS) is 29.5. The van der Waals surface area contributed by atoms with E-state index in [4.69, 9.17) is 4.74 Å². The lowest BCUT2D eigenvalue weighted by atomic mass is 9.88. The van der Waals surface area contributed by atoms with Gasteiger partial charge in [0.2, 0.25) is 0 Å². The molecule has 0 unspecified atom stereocenters. The van der Waals surface area contributed by atoms with Crippen molar-refractivity contribution in [3.63, 3.8) is 0 Å². The van der Waals surface area contributed by atoms with E-state index >= 15 is 0 Å². The van der Waals surface area contributed by atoms with Crippen LogP contribution in [-0.2, 0) is 4.74 Å². The molecule has 1 fully saturated rings. The Morgan fingerprint density at radius 3 is 2.38 bits per heavy atom. The summed E-state index contributed by atoms with van der Waals surface area (Å²) < 4.78 is 5.59.